The number of ether oxygens (including phenoxy) is 1. The summed E-state index contributed by atoms with van der Waals surface area (Å²) in [6.07, 6.45) is 3.27. The molecule has 1 aromatic carbocycles. The van der Waals surface area contributed by atoms with Gasteiger partial charge in [0.25, 0.3) is 5.91 Å². The summed E-state index contributed by atoms with van der Waals surface area (Å²) in [6.45, 7) is 2.61. The Balaban J connectivity index is 1.38. The van der Waals surface area contributed by atoms with E-state index in [2.05, 4.69) is 28.1 Å². The Bertz CT molecular complexity index is 1080. The van der Waals surface area contributed by atoms with Gasteiger partial charge in [-0.25, -0.2) is 4.79 Å². The number of nitriles is 1. The Hall–Kier alpha value is -3.31. The number of primary amides is 1. The molecule has 0 radical (unpaired) electrons. The van der Waals surface area contributed by atoms with Crippen LogP contribution in [0.15, 0.2) is 24.3 Å². The van der Waals surface area contributed by atoms with E-state index in [9.17, 15) is 14.9 Å². The van der Waals surface area contributed by atoms with Crippen LogP contribution in [0.1, 0.15) is 57.2 Å². The average Bonchev–Trinajstić information content (AvgIpc) is 3.36. The number of aromatic nitrogens is 1. The summed E-state index contributed by atoms with van der Waals surface area (Å²) in [5.74, 6) is -0.459. The predicted molar refractivity (Wildman–Crippen MR) is 117 cm³/mol. The van der Waals surface area contributed by atoms with Crippen molar-refractivity contribution in [1.29, 1.82) is 5.26 Å². The lowest BCUT2D eigenvalue weighted by atomic mass is 9.92. The van der Waals surface area contributed by atoms with Crippen LogP contribution in [0.5, 0.6) is 0 Å². The highest BCUT2D eigenvalue weighted by Gasteiger charge is 2.35. The second kappa shape index (κ2) is 8.32. The van der Waals surface area contributed by atoms with Gasteiger partial charge in [0, 0.05) is 44.0 Å². The quantitative estimate of drug-likeness (QED) is 0.771. The number of urea groups is 1. The highest BCUT2D eigenvalue weighted by atomic mass is 16.5. The molecule has 1 aromatic heterocycles. The van der Waals surface area contributed by atoms with Crippen molar-refractivity contribution in [3.05, 3.63) is 57.9 Å². The van der Waals surface area contributed by atoms with Crippen molar-refractivity contribution in [1.82, 2.24) is 14.8 Å². The van der Waals surface area contributed by atoms with Crippen LogP contribution in [0, 0.1) is 11.3 Å². The van der Waals surface area contributed by atoms with Crippen molar-refractivity contribution in [2.24, 2.45) is 5.73 Å². The van der Waals surface area contributed by atoms with Crippen LogP contribution in [-0.2, 0) is 30.7 Å². The van der Waals surface area contributed by atoms with Crippen LogP contribution in [-0.4, -0.2) is 47.2 Å². The standard InChI is InChI=1S/C24H27N5O3/c25-13-19-21(23(26)30)20-14-28(7-8-29(20)22(19)15-5-9-32-10-6-15)24(31)27-18-11-16-3-1-2-4-17(16)12-18/h1-4,15,18H,5-12,14H2,(H2,26,30)(H,27,31). The fraction of sp³-hybridized carbons (Fsp3) is 0.458. The van der Waals surface area contributed by atoms with Gasteiger partial charge >= 0.3 is 6.03 Å². The van der Waals surface area contributed by atoms with Gasteiger partial charge in [0.05, 0.1) is 23.4 Å². The molecular weight excluding hydrogens is 406 g/mol. The number of nitrogens with two attached hydrogens (primary N) is 1. The van der Waals surface area contributed by atoms with Crippen LogP contribution < -0.4 is 11.1 Å². The number of fused-ring (bicyclic) bond motifs is 2. The highest BCUT2D eigenvalue weighted by molar-refractivity contribution is 5.97. The van der Waals surface area contributed by atoms with Gasteiger partial charge in [-0.05, 0) is 36.8 Å². The van der Waals surface area contributed by atoms with Gasteiger partial charge in [0.1, 0.15) is 6.07 Å². The minimum Gasteiger partial charge on any atom is -0.381 e. The SMILES string of the molecule is N#Cc1c(C(N)=O)c2n(c1C1CCOCC1)CCN(C(=O)NC1Cc3ccccc3C1)C2. The molecule has 0 spiro atoms. The smallest absolute Gasteiger partial charge is 0.318 e. The van der Waals surface area contributed by atoms with Crippen LogP contribution in [0.4, 0.5) is 4.79 Å². The Morgan fingerprint density at radius 2 is 1.81 bits per heavy atom. The van der Waals surface area contributed by atoms with Crippen molar-refractivity contribution in [2.45, 2.75) is 50.7 Å². The van der Waals surface area contributed by atoms with Gasteiger partial charge in [-0.15, -0.1) is 0 Å². The summed E-state index contributed by atoms with van der Waals surface area (Å²) in [6, 6.07) is 10.4. The molecule has 2 aliphatic heterocycles. The number of hydrogen-bond donors (Lipinski definition) is 2. The van der Waals surface area contributed by atoms with Crippen molar-refractivity contribution in [3.8, 4) is 6.07 Å². The van der Waals surface area contributed by atoms with E-state index < -0.39 is 5.91 Å². The van der Waals surface area contributed by atoms with E-state index in [1.54, 1.807) is 4.90 Å². The molecule has 3 aliphatic rings. The normalized spacial score (nSPS) is 18.7. The number of nitrogens with one attached hydrogen (secondary N) is 1. The first-order valence-electron chi connectivity index (χ1n) is 11.2. The number of carbonyl (C=O) groups excluding carboxylic acids is 2. The zero-order valence-corrected chi connectivity index (χ0v) is 18.0. The number of nitrogens with zero attached hydrogens (tertiary/aromatic N) is 3. The van der Waals surface area contributed by atoms with Crippen LogP contribution in [0.2, 0.25) is 0 Å². The van der Waals surface area contributed by atoms with E-state index in [-0.39, 0.29) is 30.1 Å². The number of benzene rings is 1. The summed E-state index contributed by atoms with van der Waals surface area (Å²) in [7, 11) is 0. The molecule has 1 fully saturated rings. The van der Waals surface area contributed by atoms with Gasteiger partial charge in [-0.3, -0.25) is 4.79 Å². The Morgan fingerprint density at radius 1 is 1.12 bits per heavy atom. The molecule has 8 heteroatoms. The first-order chi connectivity index (χ1) is 15.6. The van der Waals surface area contributed by atoms with Gasteiger partial charge in [-0.2, -0.15) is 5.26 Å². The molecular formula is C24H27N5O3. The molecule has 166 valence electrons. The molecule has 0 bridgehead atoms. The van der Waals surface area contributed by atoms with Gasteiger partial charge in [0.15, 0.2) is 0 Å². The fourth-order valence-corrected chi connectivity index (χ4v) is 5.46. The zero-order valence-electron chi connectivity index (χ0n) is 18.0. The third-order valence-corrected chi connectivity index (χ3v) is 6.98. The summed E-state index contributed by atoms with van der Waals surface area (Å²) in [4.78, 5) is 27.1. The van der Waals surface area contributed by atoms with Crippen molar-refractivity contribution in [3.63, 3.8) is 0 Å². The molecule has 2 aromatic rings. The minimum absolute atomic E-state index is 0.0664. The maximum absolute atomic E-state index is 13.1. The van der Waals surface area contributed by atoms with Crippen molar-refractivity contribution in [2.75, 3.05) is 19.8 Å². The molecule has 5 rings (SSSR count). The Morgan fingerprint density at radius 3 is 2.44 bits per heavy atom. The van der Waals surface area contributed by atoms with E-state index in [0.717, 1.165) is 31.4 Å². The van der Waals surface area contributed by atoms with E-state index in [0.29, 0.717) is 37.6 Å². The predicted octanol–water partition coefficient (Wildman–Crippen LogP) is 2.05. The lowest BCUT2D eigenvalue weighted by Crippen LogP contribution is -2.48. The van der Waals surface area contributed by atoms with E-state index in [1.165, 1.54) is 11.1 Å². The lowest BCUT2D eigenvalue weighted by molar-refractivity contribution is 0.0832. The first-order valence-corrected chi connectivity index (χ1v) is 11.2. The van der Waals surface area contributed by atoms with E-state index in [4.69, 9.17) is 10.5 Å². The average molecular weight is 434 g/mol. The van der Waals surface area contributed by atoms with Gasteiger partial charge in [-0.1, -0.05) is 24.3 Å². The molecule has 3 N–H and O–H groups in total. The van der Waals surface area contributed by atoms with Crippen LogP contribution >= 0.6 is 0 Å². The highest BCUT2D eigenvalue weighted by Crippen LogP contribution is 2.36. The molecule has 0 atom stereocenters. The number of carbonyl (C=O) groups is 2. The Kier molecular flexibility index (Phi) is 5.35. The second-order valence-electron chi connectivity index (χ2n) is 8.84. The topological polar surface area (TPSA) is 113 Å². The van der Waals surface area contributed by atoms with E-state index in [1.807, 2.05) is 12.1 Å². The van der Waals surface area contributed by atoms with Crippen LogP contribution in [0.25, 0.3) is 0 Å². The third kappa shape index (κ3) is 3.53. The summed E-state index contributed by atoms with van der Waals surface area (Å²) in [5.41, 5.74) is 10.5. The first kappa shape index (κ1) is 20.6. The van der Waals surface area contributed by atoms with Gasteiger partial charge < -0.3 is 25.3 Å². The zero-order chi connectivity index (χ0) is 22.2. The van der Waals surface area contributed by atoms with Crippen molar-refractivity contribution < 1.29 is 14.3 Å². The maximum atomic E-state index is 13.1. The summed E-state index contributed by atoms with van der Waals surface area (Å²) in [5, 5.41) is 13.0. The van der Waals surface area contributed by atoms with Crippen molar-refractivity contribution >= 4 is 11.9 Å². The molecule has 1 aliphatic carbocycles. The van der Waals surface area contributed by atoms with Gasteiger partial charge in [0.2, 0.25) is 0 Å². The second-order valence-corrected chi connectivity index (χ2v) is 8.84. The number of hydrogen-bond acceptors (Lipinski definition) is 4. The molecule has 0 unspecified atom stereocenters. The summed E-state index contributed by atoms with van der Waals surface area (Å²) < 4.78 is 7.54. The monoisotopic (exact) mass is 433 g/mol. The molecule has 0 saturated carbocycles. The fourth-order valence-electron chi connectivity index (χ4n) is 5.46. The maximum Gasteiger partial charge on any atom is 0.318 e. The van der Waals surface area contributed by atoms with E-state index >= 15 is 0 Å². The third-order valence-electron chi connectivity index (χ3n) is 6.98. The molecule has 8 nitrogen and oxygen atoms in total. The molecule has 1 saturated heterocycles. The number of rotatable bonds is 3. The lowest BCUT2D eigenvalue weighted by Gasteiger charge is -2.32. The summed E-state index contributed by atoms with van der Waals surface area (Å²) >= 11 is 0. The Labute approximate surface area is 186 Å². The molecule has 3 heterocycles. The number of amides is 3. The van der Waals surface area contributed by atoms with Crippen LogP contribution in [0.3, 0.4) is 0 Å². The molecule has 32 heavy (non-hydrogen) atoms. The largest absolute Gasteiger partial charge is 0.381 e. The molecule has 3 amide bonds. The minimum atomic E-state index is -0.614.